The standard InChI is InChI=1S/C16H30N2O4/c17-13-16(21)22-15(20)12-10-8-6-4-2-1-3-5-7-9-11-14(18)19/h1-13,17H2,(H2,18,19). The highest BCUT2D eigenvalue weighted by atomic mass is 16.6. The minimum Gasteiger partial charge on any atom is -0.392 e. The number of esters is 2. The average molecular weight is 314 g/mol. The van der Waals surface area contributed by atoms with Gasteiger partial charge in [-0.1, -0.05) is 51.4 Å². The van der Waals surface area contributed by atoms with Crippen LogP contribution in [0.4, 0.5) is 0 Å². The Morgan fingerprint density at radius 3 is 1.45 bits per heavy atom. The van der Waals surface area contributed by atoms with Crippen LogP contribution in [0.5, 0.6) is 0 Å². The predicted octanol–water partition coefficient (Wildman–Crippen LogP) is 2.18. The van der Waals surface area contributed by atoms with E-state index in [-0.39, 0.29) is 18.9 Å². The molecule has 0 saturated carbocycles. The summed E-state index contributed by atoms with van der Waals surface area (Å²) in [4.78, 5) is 32.5. The Morgan fingerprint density at radius 1 is 0.636 bits per heavy atom. The van der Waals surface area contributed by atoms with Gasteiger partial charge in [-0.2, -0.15) is 0 Å². The molecule has 0 aliphatic heterocycles. The van der Waals surface area contributed by atoms with Crippen molar-refractivity contribution in [3.8, 4) is 0 Å². The van der Waals surface area contributed by atoms with Gasteiger partial charge < -0.3 is 16.2 Å². The smallest absolute Gasteiger partial charge is 0.327 e. The van der Waals surface area contributed by atoms with Gasteiger partial charge in [0.2, 0.25) is 5.91 Å². The Balaban J connectivity index is 3.19. The summed E-state index contributed by atoms with van der Waals surface area (Å²) in [5, 5.41) is 0. The third-order valence-corrected chi connectivity index (χ3v) is 3.45. The first-order valence-electron chi connectivity index (χ1n) is 8.28. The van der Waals surface area contributed by atoms with Crippen molar-refractivity contribution < 1.29 is 19.1 Å². The van der Waals surface area contributed by atoms with Crippen LogP contribution in [0, 0.1) is 0 Å². The molecule has 0 aromatic rings. The second-order valence-corrected chi connectivity index (χ2v) is 5.55. The lowest BCUT2D eigenvalue weighted by Gasteiger charge is -2.03. The first-order chi connectivity index (χ1) is 10.6. The summed E-state index contributed by atoms with van der Waals surface area (Å²) in [5.41, 5.74) is 10.1. The van der Waals surface area contributed by atoms with Gasteiger partial charge in [-0.3, -0.25) is 14.4 Å². The molecule has 0 aliphatic rings. The van der Waals surface area contributed by atoms with Crippen molar-refractivity contribution in [3.05, 3.63) is 0 Å². The number of hydrogen-bond acceptors (Lipinski definition) is 5. The maximum absolute atomic E-state index is 11.2. The molecule has 0 aliphatic carbocycles. The summed E-state index contributed by atoms with van der Waals surface area (Å²) in [7, 11) is 0. The van der Waals surface area contributed by atoms with Gasteiger partial charge in [-0.25, -0.2) is 0 Å². The zero-order valence-corrected chi connectivity index (χ0v) is 13.5. The highest BCUT2D eigenvalue weighted by Crippen LogP contribution is 2.12. The molecular formula is C16H30N2O4. The fourth-order valence-electron chi connectivity index (χ4n) is 2.20. The lowest BCUT2D eigenvalue weighted by atomic mass is 10.1. The van der Waals surface area contributed by atoms with E-state index in [1.165, 1.54) is 19.3 Å². The molecule has 128 valence electrons. The number of amides is 1. The Kier molecular flexibility index (Phi) is 13.6. The minimum atomic E-state index is -0.666. The van der Waals surface area contributed by atoms with Crippen molar-refractivity contribution >= 4 is 17.8 Å². The molecule has 0 bridgehead atoms. The largest absolute Gasteiger partial charge is 0.392 e. The Labute approximate surface area is 132 Å². The monoisotopic (exact) mass is 314 g/mol. The predicted molar refractivity (Wildman–Crippen MR) is 84.8 cm³/mol. The molecule has 22 heavy (non-hydrogen) atoms. The van der Waals surface area contributed by atoms with Gasteiger partial charge in [-0.05, 0) is 12.8 Å². The highest BCUT2D eigenvalue weighted by molar-refractivity contribution is 5.86. The average Bonchev–Trinajstić information content (AvgIpc) is 2.47. The van der Waals surface area contributed by atoms with Gasteiger partial charge in [0.05, 0.1) is 6.54 Å². The second kappa shape index (κ2) is 14.5. The van der Waals surface area contributed by atoms with Crippen LogP contribution in [0.2, 0.25) is 0 Å². The third-order valence-electron chi connectivity index (χ3n) is 3.45. The molecule has 6 heteroatoms. The van der Waals surface area contributed by atoms with Gasteiger partial charge >= 0.3 is 11.9 Å². The molecule has 0 unspecified atom stereocenters. The van der Waals surface area contributed by atoms with Crippen LogP contribution in [0.15, 0.2) is 0 Å². The molecule has 0 heterocycles. The van der Waals surface area contributed by atoms with Crippen LogP contribution in [0.3, 0.4) is 0 Å². The number of carbonyl (C=O) groups is 3. The van der Waals surface area contributed by atoms with E-state index in [0.29, 0.717) is 6.42 Å². The topological polar surface area (TPSA) is 112 Å². The van der Waals surface area contributed by atoms with Gasteiger partial charge in [0.15, 0.2) is 0 Å². The zero-order chi connectivity index (χ0) is 16.6. The number of ether oxygens (including phenoxy) is 1. The van der Waals surface area contributed by atoms with Crippen molar-refractivity contribution in [2.75, 3.05) is 6.54 Å². The zero-order valence-electron chi connectivity index (χ0n) is 13.5. The molecule has 6 nitrogen and oxygen atoms in total. The van der Waals surface area contributed by atoms with Crippen molar-refractivity contribution in [2.45, 2.75) is 77.0 Å². The number of rotatable bonds is 14. The molecule has 0 aromatic heterocycles. The van der Waals surface area contributed by atoms with Gasteiger partial charge in [0, 0.05) is 12.8 Å². The molecule has 0 fully saturated rings. The van der Waals surface area contributed by atoms with Crippen molar-refractivity contribution in [2.24, 2.45) is 11.5 Å². The lowest BCUT2D eigenvalue weighted by molar-refractivity contribution is -0.158. The van der Waals surface area contributed by atoms with Gasteiger partial charge in [0.1, 0.15) is 0 Å². The van der Waals surface area contributed by atoms with Crippen LogP contribution in [0.1, 0.15) is 77.0 Å². The van der Waals surface area contributed by atoms with Crippen LogP contribution >= 0.6 is 0 Å². The van der Waals surface area contributed by atoms with E-state index in [2.05, 4.69) is 4.74 Å². The highest BCUT2D eigenvalue weighted by Gasteiger charge is 2.07. The van der Waals surface area contributed by atoms with Crippen LogP contribution in [-0.4, -0.2) is 24.4 Å². The number of hydrogen-bond donors (Lipinski definition) is 2. The van der Waals surface area contributed by atoms with Crippen molar-refractivity contribution in [1.29, 1.82) is 0 Å². The van der Waals surface area contributed by atoms with Crippen LogP contribution in [0.25, 0.3) is 0 Å². The Bertz CT molecular complexity index is 332. The number of carbonyl (C=O) groups excluding carboxylic acids is 3. The lowest BCUT2D eigenvalue weighted by Crippen LogP contribution is -2.20. The second-order valence-electron chi connectivity index (χ2n) is 5.55. The number of unbranched alkanes of at least 4 members (excludes halogenated alkanes) is 9. The maximum atomic E-state index is 11.2. The summed E-state index contributed by atoms with van der Waals surface area (Å²) in [6, 6.07) is 0. The molecule has 0 rings (SSSR count). The summed E-state index contributed by atoms with van der Waals surface area (Å²) >= 11 is 0. The molecule has 0 aromatic carbocycles. The minimum absolute atomic E-state index is 0.212. The number of primary amides is 1. The first kappa shape index (κ1) is 20.6. The molecule has 1 amide bonds. The fraction of sp³-hybridized carbons (Fsp3) is 0.812. The molecule has 0 saturated heterocycles. The van der Waals surface area contributed by atoms with E-state index in [1.807, 2.05) is 0 Å². The third kappa shape index (κ3) is 15.0. The van der Waals surface area contributed by atoms with E-state index in [9.17, 15) is 14.4 Å². The van der Waals surface area contributed by atoms with Crippen molar-refractivity contribution in [1.82, 2.24) is 0 Å². The van der Waals surface area contributed by atoms with E-state index in [4.69, 9.17) is 11.5 Å². The van der Waals surface area contributed by atoms with E-state index >= 15 is 0 Å². The fourth-order valence-corrected chi connectivity index (χ4v) is 2.20. The summed E-state index contributed by atoms with van der Waals surface area (Å²) in [6.45, 7) is -0.256. The summed E-state index contributed by atoms with van der Waals surface area (Å²) < 4.78 is 4.47. The SMILES string of the molecule is NCC(=O)OC(=O)CCCCCCCCCCCCC(N)=O. The molecule has 0 spiro atoms. The quantitative estimate of drug-likeness (QED) is 0.290. The maximum Gasteiger partial charge on any atom is 0.327 e. The first-order valence-corrected chi connectivity index (χ1v) is 8.28. The summed E-state index contributed by atoms with van der Waals surface area (Å²) in [5.74, 6) is -1.36. The normalized spacial score (nSPS) is 10.4. The van der Waals surface area contributed by atoms with Gasteiger partial charge in [-0.15, -0.1) is 0 Å². The number of nitrogens with two attached hydrogens (primary N) is 2. The van der Waals surface area contributed by atoms with E-state index in [1.54, 1.807) is 0 Å². The van der Waals surface area contributed by atoms with E-state index < -0.39 is 11.9 Å². The van der Waals surface area contributed by atoms with E-state index in [0.717, 1.165) is 44.9 Å². The molecule has 0 radical (unpaired) electrons. The van der Waals surface area contributed by atoms with Gasteiger partial charge in [0.25, 0.3) is 0 Å². The molecule has 0 atom stereocenters. The van der Waals surface area contributed by atoms with Crippen molar-refractivity contribution in [3.63, 3.8) is 0 Å². The molecule has 4 N–H and O–H groups in total. The van der Waals surface area contributed by atoms with Crippen LogP contribution in [-0.2, 0) is 19.1 Å². The molecular weight excluding hydrogens is 284 g/mol. The summed E-state index contributed by atoms with van der Waals surface area (Å²) in [6.07, 6.45) is 11.5. The Morgan fingerprint density at radius 2 is 1.05 bits per heavy atom. The Hall–Kier alpha value is -1.43. The van der Waals surface area contributed by atoms with Crippen LogP contribution < -0.4 is 11.5 Å².